The molecule has 14 heavy (non-hydrogen) atoms. The Hall–Kier alpha value is -1.01. The lowest BCUT2D eigenvalue weighted by molar-refractivity contribution is 0.436. The normalized spacial score (nSPS) is 12.6. The van der Waals surface area contributed by atoms with Crippen LogP contribution in [0.2, 0.25) is 0 Å². The molecule has 0 radical (unpaired) electrons. The quantitative estimate of drug-likeness (QED) is 0.803. The maximum Gasteiger partial charge on any atom is 0.234 e. The molecule has 0 unspecified atom stereocenters. The first-order valence-corrected chi connectivity index (χ1v) is 5.24. The first-order valence-electron chi connectivity index (χ1n) is 4.43. The molecule has 2 rings (SSSR count). The molecular weight excluding hydrogens is 198 g/mol. The lowest BCUT2D eigenvalue weighted by Crippen LogP contribution is -2.33. The Kier molecular flexibility index (Phi) is 2.04. The molecule has 0 aliphatic carbocycles. The van der Waals surface area contributed by atoms with E-state index >= 15 is 0 Å². The second-order valence-corrected chi connectivity index (χ2v) is 4.68. The van der Waals surface area contributed by atoms with Crippen LogP contribution in [0.4, 0.5) is 0 Å². The van der Waals surface area contributed by atoms with Gasteiger partial charge in [0, 0.05) is 0 Å². The van der Waals surface area contributed by atoms with Gasteiger partial charge >= 0.3 is 0 Å². The van der Waals surface area contributed by atoms with Crippen LogP contribution in [0.1, 0.15) is 24.7 Å². The lowest BCUT2D eigenvalue weighted by atomic mass is 10.1. The summed E-state index contributed by atoms with van der Waals surface area (Å²) in [5.74, 6) is 0.828. The van der Waals surface area contributed by atoms with E-state index in [1.165, 1.54) is 0 Å². The second kappa shape index (κ2) is 2.99. The molecule has 0 aromatic carbocycles. The lowest BCUT2D eigenvalue weighted by Gasteiger charge is -2.19. The maximum absolute atomic E-state index is 4.46. The van der Waals surface area contributed by atoms with Gasteiger partial charge in [0.05, 0.1) is 5.54 Å². The van der Waals surface area contributed by atoms with Crippen molar-refractivity contribution >= 4 is 16.3 Å². The van der Waals surface area contributed by atoms with Crippen molar-refractivity contribution in [2.45, 2.75) is 26.3 Å². The van der Waals surface area contributed by atoms with Gasteiger partial charge in [0.15, 0.2) is 5.82 Å². The SMILES string of the molecule is CNC(C)(C)c1nn2c(C)nnc2s1. The molecule has 0 saturated carbocycles. The molecule has 2 aromatic rings. The number of fused-ring (bicyclic) bond motifs is 1. The van der Waals surface area contributed by atoms with Gasteiger partial charge in [0.1, 0.15) is 5.01 Å². The molecule has 0 aliphatic heterocycles. The van der Waals surface area contributed by atoms with E-state index in [0.717, 1.165) is 15.8 Å². The van der Waals surface area contributed by atoms with Crippen LogP contribution in [0.15, 0.2) is 0 Å². The third-order valence-corrected chi connectivity index (χ3v) is 3.53. The first kappa shape index (κ1) is 9.54. The minimum atomic E-state index is -0.113. The Bertz CT molecular complexity index is 455. The van der Waals surface area contributed by atoms with Crippen LogP contribution in [0.3, 0.4) is 0 Å². The summed E-state index contributed by atoms with van der Waals surface area (Å²) in [5, 5.41) is 16.7. The molecule has 0 atom stereocenters. The van der Waals surface area contributed by atoms with Gasteiger partial charge in [-0.15, -0.1) is 10.2 Å². The van der Waals surface area contributed by atoms with E-state index in [1.54, 1.807) is 15.9 Å². The Morgan fingerprint density at radius 2 is 2.07 bits per heavy atom. The molecule has 2 aromatic heterocycles. The van der Waals surface area contributed by atoms with Crippen molar-refractivity contribution in [1.82, 2.24) is 25.1 Å². The number of hydrogen-bond donors (Lipinski definition) is 1. The van der Waals surface area contributed by atoms with E-state index in [2.05, 4.69) is 34.5 Å². The molecule has 5 nitrogen and oxygen atoms in total. The van der Waals surface area contributed by atoms with E-state index in [4.69, 9.17) is 0 Å². The topological polar surface area (TPSA) is 55.1 Å². The standard InChI is InChI=1S/C8H13N5S/c1-5-10-11-7-13(5)12-6(14-7)8(2,3)9-4/h9H,1-4H3. The van der Waals surface area contributed by atoms with Crippen molar-refractivity contribution in [3.63, 3.8) is 0 Å². The summed E-state index contributed by atoms with van der Waals surface area (Å²) < 4.78 is 1.78. The third kappa shape index (κ3) is 1.31. The van der Waals surface area contributed by atoms with Gasteiger partial charge in [-0.25, -0.2) is 0 Å². The monoisotopic (exact) mass is 211 g/mol. The van der Waals surface area contributed by atoms with E-state index in [9.17, 15) is 0 Å². The maximum atomic E-state index is 4.46. The predicted molar refractivity (Wildman–Crippen MR) is 55.5 cm³/mol. The summed E-state index contributed by atoms with van der Waals surface area (Å²) in [6.45, 7) is 6.08. The summed E-state index contributed by atoms with van der Waals surface area (Å²) >= 11 is 1.57. The smallest absolute Gasteiger partial charge is 0.234 e. The first-order chi connectivity index (χ1) is 6.54. The zero-order valence-corrected chi connectivity index (χ0v) is 9.51. The Balaban J connectivity index is 2.55. The molecule has 0 aliphatic rings. The van der Waals surface area contributed by atoms with E-state index in [-0.39, 0.29) is 5.54 Å². The summed E-state index contributed by atoms with van der Waals surface area (Å²) in [6.07, 6.45) is 0. The van der Waals surface area contributed by atoms with Crippen molar-refractivity contribution in [3.05, 3.63) is 10.8 Å². The van der Waals surface area contributed by atoms with E-state index < -0.39 is 0 Å². The molecule has 6 heteroatoms. The van der Waals surface area contributed by atoms with Crippen molar-refractivity contribution in [2.75, 3.05) is 7.05 Å². The molecule has 0 fully saturated rings. The van der Waals surface area contributed by atoms with E-state index in [1.807, 2.05) is 14.0 Å². The average Bonchev–Trinajstić information content (AvgIpc) is 2.69. The number of nitrogens with zero attached hydrogens (tertiary/aromatic N) is 4. The van der Waals surface area contributed by atoms with Crippen molar-refractivity contribution in [2.24, 2.45) is 0 Å². The summed E-state index contributed by atoms with van der Waals surface area (Å²) in [5.41, 5.74) is -0.113. The number of aromatic nitrogens is 4. The van der Waals surface area contributed by atoms with Crippen LogP contribution in [-0.2, 0) is 5.54 Å². The van der Waals surface area contributed by atoms with Gasteiger partial charge in [0.25, 0.3) is 0 Å². The van der Waals surface area contributed by atoms with Gasteiger partial charge in [-0.1, -0.05) is 11.3 Å². The van der Waals surface area contributed by atoms with Crippen LogP contribution >= 0.6 is 11.3 Å². The minimum Gasteiger partial charge on any atom is -0.309 e. The highest BCUT2D eigenvalue weighted by molar-refractivity contribution is 7.16. The molecule has 1 N–H and O–H groups in total. The second-order valence-electron chi connectivity index (χ2n) is 3.72. The molecule has 0 spiro atoms. The Morgan fingerprint density at radius 3 is 2.64 bits per heavy atom. The molecule has 76 valence electrons. The van der Waals surface area contributed by atoms with Crippen LogP contribution in [0, 0.1) is 6.92 Å². The molecule has 0 saturated heterocycles. The molecule has 2 heterocycles. The largest absolute Gasteiger partial charge is 0.309 e. The highest BCUT2D eigenvalue weighted by Crippen LogP contribution is 2.24. The zero-order chi connectivity index (χ0) is 10.3. The van der Waals surface area contributed by atoms with Crippen LogP contribution in [0.5, 0.6) is 0 Å². The Morgan fingerprint density at radius 1 is 1.36 bits per heavy atom. The highest BCUT2D eigenvalue weighted by atomic mass is 32.1. The summed E-state index contributed by atoms with van der Waals surface area (Å²) in [7, 11) is 1.93. The van der Waals surface area contributed by atoms with Crippen LogP contribution < -0.4 is 5.32 Å². The third-order valence-electron chi connectivity index (χ3n) is 2.31. The average molecular weight is 211 g/mol. The molecular formula is C8H13N5S. The summed E-state index contributed by atoms with van der Waals surface area (Å²) in [6, 6.07) is 0. The molecule has 0 amide bonds. The highest BCUT2D eigenvalue weighted by Gasteiger charge is 2.23. The van der Waals surface area contributed by atoms with Gasteiger partial charge in [-0.3, -0.25) is 0 Å². The minimum absolute atomic E-state index is 0.113. The van der Waals surface area contributed by atoms with Gasteiger partial charge in [-0.05, 0) is 27.8 Å². The number of rotatable bonds is 2. The van der Waals surface area contributed by atoms with Crippen LogP contribution in [0.25, 0.3) is 4.96 Å². The van der Waals surface area contributed by atoms with Crippen molar-refractivity contribution in [1.29, 1.82) is 0 Å². The fourth-order valence-corrected chi connectivity index (χ4v) is 2.07. The van der Waals surface area contributed by atoms with Gasteiger partial charge in [-0.2, -0.15) is 9.61 Å². The number of hydrogen-bond acceptors (Lipinski definition) is 5. The molecule has 0 bridgehead atoms. The predicted octanol–water partition coefficient (Wildman–Crippen LogP) is 0.949. The summed E-state index contributed by atoms with van der Waals surface area (Å²) in [4.78, 5) is 0.848. The number of nitrogens with one attached hydrogen (secondary N) is 1. The Labute approximate surface area is 86.2 Å². The van der Waals surface area contributed by atoms with Gasteiger partial charge in [0.2, 0.25) is 4.96 Å². The van der Waals surface area contributed by atoms with E-state index in [0.29, 0.717) is 0 Å². The van der Waals surface area contributed by atoms with Crippen LogP contribution in [-0.4, -0.2) is 26.9 Å². The number of aryl methyl sites for hydroxylation is 1. The fourth-order valence-electron chi connectivity index (χ4n) is 1.07. The zero-order valence-electron chi connectivity index (χ0n) is 8.70. The van der Waals surface area contributed by atoms with Gasteiger partial charge < -0.3 is 5.32 Å². The van der Waals surface area contributed by atoms with Crippen molar-refractivity contribution < 1.29 is 0 Å². The fraction of sp³-hybridized carbons (Fsp3) is 0.625. The van der Waals surface area contributed by atoms with Crippen molar-refractivity contribution in [3.8, 4) is 0 Å².